The first-order chi connectivity index (χ1) is 20.3. The van der Waals surface area contributed by atoms with Gasteiger partial charge in [0.25, 0.3) is 5.69 Å². The van der Waals surface area contributed by atoms with Gasteiger partial charge in [-0.25, -0.2) is 4.90 Å². The predicted molar refractivity (Wildman–Crippen MR) is 154 cm³/mol. The molecule has 1 aliphatic carbocycles. The molecule has 0 aromatic heterocycles. The van der Waals surface area contributed by atoms with E-state index in [2.05, 4.69) is 0 Å². The van der Waals surface area contributed by atoms with Crippen LogP contribution in [0.25, 0.3) is 16.3 Å². The molecule has 9 nitrogen and oxygen atoms in total. The molecule has 2 aliphatic heterocycles. The van der Waals surface area contributed by atoms with Gasteiger partial charge in [-0.1, -0.05) is 60.7 Å². The lowest BCUT2D eigenvalue weighted by Gasteiger charge is -2.38. The van der Waals surface area contributed by atoms with Gasteiger partial charge < -0.3 is 9.47 Å². The van der Waals surface area contributed by atoms with Crippen LogP contribution in [0.4, 0.5) is 11.4 Å². The molecule has 0 unspecified atom stereocenters. The van der Waals surface area contributed by atoms with Crippen molar-refractivity contribution in [2.24, 2.45) is 17.8 Å². The van der Waals surface area contributed by atoms with Crippen molar-refractivity contribution in [1.29, 1.82) is 0 Å². The second-order valence-electron chi connectivity index (χ2n) is 10.8. The number of carbonyl (C=O) groups excluding carboxylic acids is 3. The van der Waals surface area contributed by atoms with E-state index in [9.17, 15) is 24.5 Å². The molecule has 42 heavy (non-hydrogen) atoms. The van der Waals surface area contributed by atoms with E-state index in [-0.39, 0.29) is 11.4 Å². The number of nitrogens with zero attached hydrogens (tertiary/aromatic N) is 2. The Morgan fingerprint density at radius 1 is 0.905 bits per heavy atom. The number of nitro groups is 1. The number of fused-ring (bicyclic) bond motifs is 7. The largest absolute Gasteiger partial charge is 0.497 e. The number of esters is 1. The van der Waals surface area contributed by atoms with E-state index in [1.165, 1.54) is 18.2 Å². The zero-order valence-corrected chi connectivity index (χ0v) is 22.6. The Kier molecular flexibility index (Phi) is 5.72. The van der Waals surface area contributed by atoms with Crippen LogP contribution in [0.3, 0.4) is 0 Å². The van der Waals surface area contributed by atoms with Gasteiger partial charge in [-0.3, -0.25) is 24.5 Å². The molecule has 0 N–H and O–H groups in total. The van der Waals surface area contributed by atoms with Crippen molar-refractivity contribution < 1.29 is 28.8 Å². The number of amides is 2. The minimum Gasteiger partial charge on any atom is -0.497 e. The summed E-state index contributed by atoms with van der Waals surface area (Å²) in [6.45, 7) is 1.68. The number of non-ortho nitro benzene ring substituents is 1. The number of nitro benzene ring substituents is 1. The Morgan fingerprint density at radius 3 is 2.38 bits per heavy atom. The number of anilines is 1. The van der Waals surface area contributed by atoms with E-state index in [1.54, 1.807) is 26.2 Å². The van der Waals surface area contributed by atoms with Gasteiger partial charge in [-0.15, -0.1) is 0 Å². The second kappa shape index (κ2) is 9.37. The average molecular weight is 561 g/mol. The summed E-state index contributed by atoms with van der Waals surface area (Å²) in [4.78, 5) is 54.3. The van der Waals surface area contributed by atoms with Crippen LogP contribution in [-0.4, -0.2) is 29.8 Å². The van der Waals surface area contributed by atoms with Crippen LogP contribution in [0.1, 0.15) is 22.6 Å². The molecule has 208 valence electrons. The minimum absolute atomic E-state index is 0.138. The van der Waals surface area contributed by atoms with Gasteiger partial charge in [0, 0.05) is 29.0 Å². The number of imide groups is 1. The second-order valence-corrected chi connectivity index (χ2v) is 10.8. The third-order valence-electron chi connectivity index (χ3n) is 8.63. The predicted octanol–water partition coefficient (Wildman–Crippen LogP) is 5.59. The number of methoxy groups -OCH3 is 1. The molecule has 0 saturated carbocycles. The van der Waals surface area contributed by atoms with Gasteiger partial charge in [0.1, 0.15) is 11.5 Å². The summed E-state index contributed by atoms with van der Waals surface area (Å²) in [5.74, 6) is -4.19. The Bertz CT molecular complexity index is 1880. The SMILES string of the molecule is COc1ccc([C@@H]2C=C3c4ccc5ccccc5c4OC(=O)[C@@H]3[C@@H]3C(=O)N(c4cc([N+](=O)[O-])ccc4C)C(=O)[C@@H]32)cc1. The molecule has 0 bridgehead atoms. The topological polar surface area (TPSA) is 116 Å². The maximum absolute atomic E-state index is 14.3. The highest BCUT2D eigenvalue weighted by molar-refractivity contribution is 6.25. The number of allylic oxidation sites excluding steroid dienone is 1. The Balaban J connectivity index is 1.44. The van der Waals surface area contributed by atoms with Crippen LogP contribution >= 0.6 is 0 Å². The molecule has 1 saturated heterocycles. The van der Waals surface area contributed by atoms with Crippen LogP contribution in [0.2, 0.25) is 0 Å². The highest BCUT2D eigenvalue weighted by atomic mass is 16.6. The first-order valence-corrected chi connectivity index (χ1v) is 13.5. The van der Waals surface area contributed by atoms with Crippen LogP contribution in [0.5, 0.6) is 11.5 Å². The summed E-state index contributed by atoms with van der Waals surface area (Å²) in [6, 6.07) is 22.8. The maximum atomic E-state index is 14.3. The van der Waals surface area contributed by atoms with Gasteiger partial charge in [-0.2, -0.15) is 0 Å². The zero-order valence-electron chi connectivity index (χ0n) is 22.6. The lowest BCUT2D eigenvalue weighted by molar-refractivity contribution is -0.384. The quantitative estimate of drug-likeness (QED) is 0.105. The molecular formula is C33H24N2O7. The summed E-state index contributed by atoms with van der Waals surface area (Å²) in [5, 5.41) is 13.2. The van der Waals surface area contributed by atoms with E-state index in [1.807, 2.05) is 54.6 Å². The number of benzene rings is 4. The lowest BCUT2D eigenvalue weighted by Crippen LogP contribution is -2.42. The van der Waals surface area contributed by atoms with E-state index in [0.29, 0.717) is 28.2 Å². The van der Waals surface area contributed by atoms with Crippen molar-refractivity contribution in [3.63, 3.8) is 0 Å². The fraction of sp³-hybridized carbons (Fsp3) is 0.182. The van der Waals surface area contributed by atoms with E-state index >= 15 is 0 Å². The first-order valence-electron chi connectivity index (χ1n) is 13.5. The summed E-state index contributed by atoms with van der Waals surface area (Å²) in [7, 11) is 1.56. The molecule has 2 amide bonds. The molecule has 7 rings (SSSR count). The fourth-order valence-corrected chi connectivity index (χ4v) is 6.63. The summed E-state index contributed by atoms with van der Waals surface area (Å²) in [5.41, 5.74) is 2.52. The molecule has 2 heterocycles. The number of ether oxygens (including phenoxy) is 2. The molecular weight excluding hydrogens is 536 g/mol. The highest BCUT2D eigenvalue weighted by Gasteiger charge is 2.60. The van der Waals surface area contributed by atoms with Gasteiger partial charge in [0.2, 0.25) is 11.8 Å². The standard InChI is InChI=1S/C33H24N2O7/c1-17-7-11-20(35(39)40)15-26(17)34-31(36)27-24(19-8-12-21(41-2)13-9-19)16-25-23-14-10-18-5-3-4-6-22(18)30(23)42-33(38)28(25)29(27)32(34)37/h3-16,24,27-29H,1-2H3/t24-,27+,28-,29+/m0/s1. The van der Waals surface area contributed by atoms with Crippen molar-refractivity contribution in [1.82, 2.24) is 0 Å². The summed E-state index contributed by atoms with van der Waals surface area (Å²) in [6.07, 6.45) is 1.91. The smallest absolute Gasteiger partial charge is 0.319 e. The number of carbonyl (C=O) groups is 3. The van der Waals surface area contributed by atoms with Gasteiger partial charge >= 0.3 is 5.97 Å². The van der Waals surface area contributed by atoms with Gasteiger partial charge in [-0.05, 0) is 41.1 Å². The first kappa shape index (κ1) is 25.6. The molecule has 4 aromatic rings. The minimum atomic E-state index is -1.06. The van der Waals surface area contributed by atoms with Crippen molar-refractivity contribution >= 4 is 45.5 Å². The Hall–Kier alpha value is -5.31. The molecule has 1 fully saturated rings. The van der Waals surface area contributed by atoms with Crippen molar-refractivity contribution in [2.75, 3.05) is 12.0 Å². The Labute approximate surface area is 240 Å². The van der Waals surface area contributed by atoms with Crippen LogP contribution in [0, 0.1) is 34.8 Å². The maximum Gasteiger partial charge on any atom is 0.319 e. The fourth-order valence-electron chi connectivity index (χ4n) is 6.63. The van der Waals surface area contributed by atoms with Crippen molar-refractivity contribution in [2.45, 2.75) is 12.8 Å². The number of hydrogen-bond donors (Lipinski definition) is 0. The number of aryl methyl sites for hydroxylation is 1. The Morgan fingerprint density at radius 2 is 1.64 bits per heavy atom. The van der Waals surface area contributed by atoms with Crippen molar-refractivity contribution in [3.8, 4) is 11.5 Å². The van der Waals surface area contributed by atoms with E-state index < -0.39 is 46.4 Å². The molecule has 9 heteroatoms. The molecule has 4 aromatic carbocycles. The zero-order chi connectivity index (χ0) is 29.3. The number of hydrogen-bond acceptors (Lipinski definition) is 7. The van der Waals surface area contributed by atoms with Gasteiger partial charge in [0.05, 0.1) is 35.5 Å². The number of rotatable bonds is 4. The van der Waals surface area contributed by atoms with Crippen LogP contribution in [0.15, 0.2) is 84.9 Å². The van der Waals surface area contributed by atoms with E-state index in [4.69, 9.17) is 9.47 Å². The van der Waals surface area contributed by atoms with Gasteiger partial charge in [0.15, 0.2) is 0 Å². The summed E-state index contributed by atoms with van der Waals surface area (Å²) >= 11 is 0. The third-order valence-corrected chi connectivity index (χ3v) is 8.63. The van der Waals surface area contributed by atoms with E-state index in [0.717, 1.165) is 21.2 Å². The van der Waals surface area contributed by atoms with Crippen molar-refractivity contribution in [3.05, 3.63) is 112 Å². The van der Waals surface area contributed by atoms with Crippen LogP contribution in [-0.2, 0) is 14.4 Å². The third kappa shape index (κ3) is 3.66. The summed E-state index contributed by atoms with van der Waals surface area (Å²) < 4.78 is 11.3. The molecule has 4 atom stereocenters. The highest BCUT2D eigenvalue weighted by Crippen LogP contribution is 2.55. The monoisotopic (exact) mass is 560 g/mol. The molecule has 0 radical (unpaired) electrons. The lowest BCUT2D eigenvalue weighted by atomic mass is 9.64. The molecule has 3 aliphatic rings. The van der Waals surface area contributed by atoms with Crippen LogP contribution < -0.4 is 14.4 Å². The normalized spacial score (nSPS) is 22.7. The molecule has 0 spiro atoms. The average Bonchev–Trinajstić information content (AvgIpc) is 3.26.